The van der Waals surface area contributed by atoms with Crippen LogP contribution in [0.1, 0.15) is 0 Å². The molecule has 3 nitrogen and oxygen atoms in total. The average Bonchev–Trinajstić information content (AvgIpc) is 2.57. The minimum absolute atomic E-state index is 0.0623. The number of halogens is 3. The van der Waals surface area contributed by atoms with E-state index in [1.165, 1.54) is 12.1 Å². The van der Waals surface area contributed by atoms with E-state index in [9.17, 15) is 4.39 Å². The second kappa shape index (κ2) is 3.67. The first-order valence-electron chi connectivity index (χ1n) is 3.61. The molecule has 0 saturated heterocycles. The molecule has 0 bridgehead atoms. The van der Waals surface area contributed by atoms with Gasteiger partial charge in [-0.1, -0.05) is 11.6 Å². The van der Waals surface area contributed by atoms with Crippen molar-refractivity contribution in [3.8, 4) is 11.5 Å². The third-order valence-corrected chi connectivity index (χ3v) is 2.20. The van der Waals surface area contributed by atoms with Crippen LogP contribution >= 0.6 is 27.5 Å². The normalized spacial score (nSPS) is 10.5. The molecule has 0 radical (unpaired) electrons. The molecule has 0 saturated carbocycles. The Labute approximate surface area is 92.0 Å². The van der Waals surface area contributed by atoms with Crippen LogP contribution in [0.25, 0.3) is 11.5 Å². The molecular weight excluding hydrogens is 274 g/mol. The highest BCUT2D eigenvalue weighted by Crippen LogP contribution is 2.23. The van der Waals surface area contributed by atoms with Gasteiger partial charge in [0.15, 0.2) is 0 Å². The summed E-state index contributed by atoms with van der Waals surface area (Å²) < 4.78 is 18.2. The molecule has 1 aromatic carbocycles. The van der Waals surface area contributed by atoms with Crippen LogP contribution in [0.3, 0.4) is 0 Å². The lowest BCUT2D eigenvalue weighted by Gasteiger charge is -1.95. The zero-order valence-corrected chi connectivity index (χ0v) is 9.01. The van der Waals surface area contributed by atoms with Crippen molar-refractivity contribution in [2.24, 2.45) is 0 Å². The highest BCUT2D eigenvalue weighted by atomic mass is 79.9. The highest BCUT2D eigenvalue weighted by Gasteiger charge is 2.09. The molecule has 2 aromatic rings. The molecule has 6 heteroatoms. The van der Waals surface area contributed by atoms with Gasteiger partial charge in [0.1, 0.15) is 5.82 Å². The molecule has 0 unspecified atom stereocenters. The van der Waals surface area contributed by atoms with Gasteiger partial charge in [0.05, 0.1) is 5.02 Å². The first-order chi connectivity index (χ1) is 6.66. The van der Waals surface area contributed by atoms with E-state index in [4.69, 9.17) is 16.1 Å². The topological polar surface area (TPSA) is 38.9 Å². The van der Waals surface area contributed by atoms with Gasteiger partial charge in [0, 0.05) is 5.56 Å². The Morgan fingerprint density at radius 1 is 1.43 bits per heavy atom. The minimum Gasteiger partial charge on any atom is -0.333 e. The van der Waals surface area contributed by atoms with Gasteiger partial charge in [0.2, 0.25) is 4.73 Å². The lowest BCUT2D eigenvalue weighted by Crippen LogP contribution is -1.81. The van der Waals surface area contributed by atoms with Crippen LogP contribution in [0.5, 0.6) is 0 Å². The Kier molecular flexibility index (Phi) is 2.52. The monoisotopic (exact) mass is 276 g/mol. The summed E-state index contributed by atoms with van der Waals surface area (Å²) >= 11 is 8.55. The fourth-order valence-corrected chi connectivity index (χ4v) is 1.30. The van der Waals surface area contributed by atoms with Crippen LogP contribution in [-0.2, 0) is 0 Å². The van der Waals surface area contributed by atoms with Crippen molar-refractivity contribution in [2.45, 2.75) is 0 Å². The second-order valence-corrected chi connectivity index (χ2v) is 3.61. The number of hydrogen-bond donors (Lipinski definition) is 0. The van der Waals surface area contributed by atoms with Gasteiger partial charge in [-0.3, -0.25) is 0 Å². The number of aromatic nitrogens is 2. The van der Waals surface area contributed by atoms with Gasteiger partial charge in [-0.2, -0.15) is 4.98 Å². The molecule has 2 rings (SSSR count). The molecule has 0 fully saturated rings. The molecule has 0 aliphatic heterocycles. The fraction of sp³-hybridized carbons (Fsp3) is 0. The Bertz CT molecular complexity index is 474. The lowest BCUT2D eigenvalue weighted by atomic mass is 10.2. The molecule has 0 N–H and O–H groups in total. The molecule has 0 spiro atoms. The van der Waals surface area contributed by atoms with E-state index < -0.39 is 5.82 Å². The average molecular weight is 277 g/mol. The standard InChI is InChI=1S/C8H3BrClFN2O/c9-8-12-7(14-13-8)4-1-2-5(10)6(11)3-4/h1-3H. The summed E-state index contributed by atoms with van der Waals surface area (Å²) in [4.78, 5) is 3.88. The molecule has 0 aliphatic carbocycles. The van der Waals surface area contributed by atoms with Gasteiger partial charge < -0.3 is 4.52 Å². The Morgan fingerprint density at radius 2 is 2.21 bits per heavy atom. The highest BCUT2D eigenvalue weighted by molar-refractivity contribution is 9.10. The van der Waals surface area contributed by atoms with Crippen molar-refractivity contribution in [3.63, 3.8) is 0 Å². The van der Waals surface area contributed by atoms with Gasteiger partial charge in [0.25, 0.3) is 5.89 Å². The van der Waals surface area contributed by atoms with Gasteiger partial charge in [-0.15, -0.1) is 0 Å². The van der Waals surface area contributed by atoms with Crippen molar-refractivity contribution < 1.29 is 8.91 Å². The first-order valence-corrected chi connectivity index (χ1v) is 4.78. The van der Waals surface area contributed by atoms with E-state index in [0.29, 0.717) is 10.3 Å². The Morgan fingerprint density at radius 3 is 2.79 bits per heavy atom. The molecule has 0 aliphatic rings. The van der Waals surface area contributed by atoms with Crippen molar-refractivity contribution in [2.75, 3.05) is 0 Å². The van der Waals surface area contributed by atoms with Gasteiger partial charge in [-0.05, 0) is 39.3 Å². The Balaban J connectivity index is 2.47. The lowest BCUT2D eigenvalue weighted by molar-refractivity contribution is 0.426. The molecule has 72 valence electrons. The third-order valence-electron chi connectivity index (χ3n) is 1.57. The second-order valence-electron chi connectivity index (χ2n) is 2.50. The summed E-state index contributed by atoms with van der Waals surface area (Å²) in [7, 11) is 0. The summed E-state index contributed by atoms with van der Waals surface area (Å²) in [5.41, 5.74) is 0.491. The van der Waals surface area contributed by atoms with Crippen LogP contribution in [0.15, 0.2) is 27.5 Å². The molecule has 1 aromatic heterocycles. The predicted octanol–water partition coefficient (Wildman–Crippen LogP) is 3.29. The smallest absolute Gasteiger partial charge is 0.258 e. The maximum Gasteiger partial charge on any atom is 0.258 e. The minimum atomic E-state index is -0.515. The number of hydrogen-bond acceptors (Lipinski definition) is 3. The molecular formula is C8H3BrClFN2O. The molecule has 0 atom stereocenters. The molecule has 14 heavy (non-hydrogen) atoms. The third kappa shape index (κ3) is 1.78. The van der Waals surface area contributed by atoms with Crippen LogP contribution in [-0.4, -0.2) is 10.1 Å². The quantitative estimate of drug-likeness (QED) is 0.803. The van der Waals surface area contributed by atoms with Crippen LogP contribution in [0, 0.1) is 5.82 Å². The fourth-order valence-electron chi connectivity index (χ4n) is 0.952. The van der Waals surface area contributed by atoms with Crippen LogP contribution in [0.4, 0.5) is 4.39 Å². The van der Waals surface area contributed by atoms with Gasteiger partial charge >= 0.3 is 0 Å². The largest absolute Gasteiger partial charge is 0.333 e. The summed E-state index contributed by atoms with van der Waals surface area (Å²) in [6.07, 6.45) is 0. The summed E-state index contributed by atoms with van der Waals surface area (Å²) in [6, 6.07) is 4.28. The maximum atomic E-state index is 13.0. The summed E-state index contributed by atoms with van der Waals surface area (Å²) in [6.45, 7) is 0. The van der Waals surface area contributed by atoms with E-state index in [-0.39, 0.29) is 10.9 Å². The molecule has 1 heterocycles. The summed E-state index contributed by atoms with van der Waals surface area (Å²) in [5.74, 6) is -0.272. The van der Waals surface area contributed by atoms with Crippen molar-refractivity contribution in [1.29, 1.82) is 0 Å². The first kappa shape index (κ1) is 9.61. The summed E-state index contributed by atoms with van der Waals surface area (Å²) in [5, 5.41) is 3.58. The zero-order valence-electron chi connectivity index (χ0n) is 6.67. The molecule has 0 amide bonds. The number of rotatable bonds is 1. The van der Waals surface area contributed by atoms with E-state index in [2.05, 4.69) is 26.1 Å². The van der Waals surface area contributed by atoms with Crippen molar-refractivity contribution in [3.05, 3.63) is 33.8 Å². The number of nitrogens with zero attached hydrogens (tertiary/aromatic N) is 2. The van der Waals surface area contributed by atoms with Crippen LogP contribution in [0.2, 0.25) is 5.02 Å². The van der Waals surface area contributed by atoms with Gasteiger partial charge in [-0.25, -0.2) is 4.39 Å². The van der Waals surface area contributed by atoms with Crippen molar-refractivity contribution >= 4 is 27.5 Å². The van der Waals surface area contributed by atoms with Crippen molar-refractivity contribution in [1.82, 2.24) is 10.1 Å². The Hall–Kier alpha value is -0.940. The number of benzene rings is 1. The van der Waals surface area contributed by atoms with E-state index in [0.717, 1.165) is 0 Å². The van der Waals surface area contributed by atoms with E-state index in [1.807, 2.05) is 0 Å². The van der Waals surface area contributed by atoms with E-state index in [1.54, 1.807) is 6.07 Å². The maximum absolute atomic E-state index is 13.0. The zero-order chi connectivity index (χ0) is 10.1. The van der Waals surface area contributed by atoms with Crippen LogP contribution < -0.4 is 0 Å². The SMILES string of the molecule is Fc1cc(-c2nc(Br)no2)ccc1Cl. The van der Waals surface area contributed by atoms with E-state index >= 15 is 0 Å². The predicted molar refractivity (Wildman–Crippen MR) is 52.4 cm³/mol.